The molecule has 21 heavy (non-hydrogen) atoms. The van der Waals surface area contributed by atoms with Gasteiger partial charge in [-0.3, -0.25) is 14.8 Å². The van der Waals surface area contributed by atoms with Crippen LogP contribution < -0.4 is 5.73 Å². The lowest BCUT2D eigenvalue weighted by Crippen LogP contribution is -2.25. The largest absolute Gasteiger partial charge is 0.394 e. The van der Waals surface area contributed by atoms with Gasteiger partial charge >= 0.3 is 0 Å². The topological polar surface area (TPSA) is 88.6 Å². The number of Topliss-reactive ketones (excluding diaryl/α,β-unsaturated/α-hetero) is 1. The molecule has 0 fully saturated rings. The van der Waals surface area contributed by atoms with E-state index in [9.17, 15) is 9.90 Å². The van der Waals surface area contributed by atoms with Gasteiger partial charge in [0.05, 0.1) is 11.9 Å². The molecule has 1 aromatic carbocycles. The van der Waals surface area contributed by atoms with Gasteiger partial charge in [-0.1, -0.05) is 30.3 Å². The van der Waals surface area contributed by atoms with Crippen LogP contribution in [0.25, 0.3) is 0 Å². The van der Waals surface area contributed by atoms with Crippen molar-refractivity contribution in [2.24, 2.45) is 10.7 Å². The fourth-order valence-corrected chi connectivity index (χ4v) is 2.11. The van der Waals surface area contributed by atoms with Crippen LogP contribution in [0.3, 0.4) is 0 Å². The second-order valence-electron chi connectivity index (χ2n) is 4.50. The zero-order chi connectivity index (χ0) is 14.8. The molecule has 0 saturated carbocycles. The molecule has 1 aliphatic rings. The number of ketones is 1. The van der Waals surface area contributed by atoms with Gasteiger partial charge in [-0.25, -0.2) is 0 Å². The van der Waals surface area contributed by atoms with Gasteiger partial charge in [0.15, 0.2) is 6.10 Å². The number of hydrogen-bond acceptors (Lipinski definition) is 5. The highest BCUT2D eigenvalue weighted by Crippen LogP contribution is 2.32. The number of nitrogens with two attached hydrogens (primary N) is 1. The van der Waals surface area contributed by atoms with Gasteiger partial charge < -0.3 is 10.8 Å². The van der Waals surface area contributed by atoms with Crippen molar-refractivity contribution in [2.45, 2.75) is 0 Å². The predicted molar refractivity (Wildman–Crippen MR) is 78.1 cm³/mol. The number of benzene rings is 1. The average Bonchev–Trinajstić information content (AvgIpc) is 2.54. The van der Waals surface area contributed by atoms with Crippen molar-refractivity contribution >= 4 is 12.0 Å². The van der Waals surface area contributed by atoms with Crippen LogP contribution in [0.2, 0.25) is 0 Å². The summed E-state index contributed by atoms with van der Waals surface area (Å²) < 4.78 is 0. The number of carbonyl (C=O) groups is 1. The van der Waals surface area contributed by atoms with E-state index in [1.54, 1.807) is 42.6 Å². The first kappa shape index (κ1) is 13.2. The Morgan fingerprint density at radius 3 is 2.52 bits per heavy atom. The highest BCUT2D eigenvalue weighted by Gasteiger charge is 2.31. The van der Waals surface area contributed by atoms with Crippen molar-refractivity contribution in [3.63, 3.8) is 0 Å². The van der Waals surface area contributed by atoms with E-state index in [0.717, 1.165) is 0 Å². The number of aliphatic hydroxyl groups excluding tert-OH is 1. The Labute approximate surface area is 121 Å². The fraction of sp³-hybridized carbons (Fsp3) is 0. The summed E-state index contributed by atoms with van der Waals surface area (Å²) in [4.78, 5) is 20.4. The van der Waals surface area contributed by atoms with Crippen molar-refractivity contribution < 1.29 is 9.90 Å². The minimum Gasteiger partial charge on any atom is -0.394 e. The lowest BCUT2D eigenvalue weighted by molar-refractivity contribution is 0.102. The Bertz CT molecular complexity index is 751. The van der Waals surface area contributed by atoms with Gasteiger partial charge in [0.2, 0.25) is 5.78 Å². The van der Waals surface area contributed by atoms with Crippen LogP contribution in [-0.4, -0.2) is 22.1 Å². The summed E-state index contributed by atoms with van der Waals surface area (Å²) in [7, 11) is 0. The third-order valence-corrected chi connectivity index (χ3v) is 3.16. The minimum atomic E-state index is -0.337. The molecular formula is C16H12N3O2. The monoisotopic (exact) mass is 278 g/mol. The standard InChI is InChI=1S/C16H12N3O2/c17-13-14(19-9-10-5-3-4-8-18-10)16(21)12-7-2-1-6-11(12)15(13)20/h1-9,21H,17H2. The molecule has 0 amide bonds. The number of aliphatic imine (C=N–C) groups is 1. The molecule has 5 nitrogen and oxygen atoms in total. The first-order chi connectivity index (χ1) is 10.2. The summed E-state index contributed by atoms with van der Waals surface area (Å²) in [5.41, 5.74) is 7.23. The highest BCUT2D eigenvalue weighted by atomic mass is 16.3. The molecule has 1 aromatic heterocycles. The van der Waals surface area contributed by atoms with Gasteiger partial charge in [0.1, 0.15) is 11.4 Å². The molecule has 2 aromatic rings. The number of hydrogen-bond donors (Lipinski definition) is 2. The predicted octanol–water partition coefficient (Wildman–Crippen LogP) is 1.82. The number of allylic oxidation sites excluding steroid dienone is 1. The molecule has 0 bridgehead atoms. The number of nitrogens with zero attached hydrogens (tertiary/aromatic N) is 2. The van der Waals surface area contributed by atoms with Crippen molar-refractivity contribution in [3.8, 4) is 0 Å². The molecule has 0 saturated heterocycles. The molecule has 3 rings (SSSR count). The fourth-order valence-electron chi connectivity index (χ4n) is 2.11. The van der Waals surface area contributed by atoms with Crippen LogP contribution in [0.4, 0.5) is 0 Å². The van der Waals surface area contributed by atoms with Crippen LogP contribution in [-0.2, 0) is 0 Å². The maximum Gasteiger partial charge on any atom is 0.211 e. The molecule has 1 radical (unpaired) electrons. The Balaban J connectivity index is 2.01. The summed E-state index contributed by atoms with van der Waals surface area (Å²) in [6.45, 7) is 0. The number of pyridine rings is 1. The summed E-state index contributed by atoms with van der Waals surface area (Å²) in [5.74, 6) is -0.337. The van der Waals surface area contributed by atoms with E-state index in [1.165, 1.54) is 6.21 Å². The van der Waals surface area contributed by atoms with Gasteiger partial charge in [-0.05, 0) is 12.1 Å². The Hall–Kier alpha value is -2.79. The van der Waals surface area contributed by atoms with Gasteiger partial charge in [-0.15, -0.1) is 0 Å². The summed E-state index contributed by atoms with van der Waals surface area (Å²) in [5, 5.41) is 10.3. The number of aromatic nitrogens is 1. The van der Waals surface area contributed by atoms with Crippen molar-refractivity contribution in [1.29, 1.82) is 0 Å². The van der Waals surface area contributed by atoms with Crippen LogP contribution in [0.5, 0.6) is 0 Å². The summed E-state index contributed by atoms with van der Waals surface area (Å²) >= 11 is 0. The third-order valence-electron chi connectivity index (χ3n) is 3.16. The van der Waals surface area contributed by atoms with Crippen LogP contribution in [0, 0.1) is 6.10 Å². The van der Waals surface area contributed by atoms with Gasteiger partial charge in [-0.2, -0.15) is 0 Å². The molecule has 0 unspecified atom stereocenters. The lowest BCUT2D eigenvalue weighted by atomic mass is 9.89. The molecule has 103 valence electrons. The molecule has 3 N–H and O–H groups in total. The maximum atomic E-state index is 12.2. The van der Waals surface area contributed by atoms with Crippen LogP contribution >= 0.6 is 0 Å². The van der Waals surface area contributed by atoms with Crippen molar-refractivity contribution in [1.82, 2.24) is 4.98 Å². The van der Waals surface area contributed by atoms with E-state index in [-0.39, 0.29) is 23.3 Å². The average molecular weight is 278 g/mol. The van der Waals surface area contributed by atoms with E-state index >= 15 is 0 Å². The van der Waals surface area contributed by atoms with E-state index < -0.39 is 0 Å². The smallest absolute Gasteiger partial charge is 0.211 e. The Kier molecular flexibility index (Phi) is 3.33. The van der Waals surface area contributed by atoms with E-state index in [0.29, 0.717) is 16.8 Å². The van der Waals surface area contributed by atoms with Gasteiger partial charge in [0.25, 0.3) is 0 Å². The SMILES string of the molecule is NC1=C(N=Cc2ccccn2)[C](O)c2ccccc2C1=O. The van der Waals surface area contributed by atoms with Crippen LogP contribution in [0.15, 0.2) is 65.0 Å². The second kappa shape index (κ2) is 5.30. The Morgan fingerprint density at radius 2 is 1.81 bits per heavy atom. The van der Waals surface area contributed by atoms with Crippen molar-refractivity contribution in [2.75, 3.05) is 0 Å². The molecular weight excluding hydrogens is 266 g/mol. The summed E-state index contributed by atoms with van der Waals surface area (Å²) in [6.07, 6.45) is 2.98. The quantitative estimate of drug-likeness (QED) is 0.820. The minimum absolute atomic E-state index is 0.0709. The summed E-state index contributed by atoms with van der Waals surface area (Å²) in [6, 6.07) is 12.1. The lowest BCUT2D eigenvalue weighted by Gasteiger charge is -2.21. The third kappa shape index (κ3) is 2.34. The highest BCUT2D eigenvalue weighted by molar-refractivity contribution is 6.12. The number of rotatable bonds is 2. The molecule has 0 spiro atoms. The molecule has 0 aliphatic heterocycles. The van der Waals surface area contributed by atoms with Crippen LogP contribution in [0.1, 0.15) is 21.6 Å². The van der Waals surface area contributed by atoms with Crippen molar-refractivity contribution in [3.05, 3.63) is 83.0 Å². The molecule has 1 heterocycles. The second-order valence-corrected chi connectivity index (χ2v) is 4.50. The van der Waals surface area contributed by atoms with E-state index in [1.807, 2.05) is 6.07 Å². The van der Waals surface area contributed by atoms with E-state index in [4.69, 9.17) is 5.73 Å². The first-order valence-electron chi connectivity index (χ1n) is 6.33. The molecule has 1 aliphatic carbocycles. The van der Waals surface area contributed by atoms with Gasteiger partial charge in [0, 0.05) is 17.3 Å². The number of aliphatic hydroxyl groups is 1. The normalized spacial score (nSPS) is 15.6. The maximum absolute atomic E-state index is 12.2. The number of fused-ring (bicyclic) bond motifs is 1. The number of carbonyl (C=O) groups excluding carboxylic acids is 1. The molecule has 0 atom stereocenters. The van der Waals surface area contributed by atoms with E-state index in [2.05, 4.69) is 9.98 Å². The first-order valence-corrected chi connectivity index (χ1v) is 6.33. The zero-order valence-corrected chi connectivity index (χ0v) is 11.0. The zero-order valence-electron chi connectivity index (χ0n) is 11.0. The Morgan fingerprint density at radius 1 is 1.10 bits per heavy atom. The molecule has 5 heteroatoms.